The molecule has 10 heteroatoms. The number of anilines is 2. The van der Waals surface area contributed by atoms with Gasteiger partial charge in [-0.2, -0.15) is 0 Å². The molecule has 1 aromatic heterocycles. The average Bonchev–Trinajstić information content (AvgIpc) is 3.40. The topological polar surface area (TPSA) is 84.6 Å². The summed E-state index contributed by atoms with van der Waals surface area (Å²) >= 11 is 5.49. The monoisotopic (exact) mass is 498 g/mol. The number of nitrogens with one attached hydrogen (secondary N) is 2. The number of sulfonamides is 1. The van der Waals surface area contributed by atoms with Crippen molar-refractivity contribution < 1.29 is 8.42 Å². The van der Waals surface area contributed by atoms with Gasteiger partial charge in [-0.3, -0.25) is 4.31 Å². The number of nitrogens with zero attached hydrogens (tertiary/aromatic N) is 4. The number of hydrogen-bond donors (Lipinski definition) is 2. The second kappa shape index (κ2) is 10.9. The van der Waals surface area contributed by atoms with Crippen LogP contribution < -0.4 is 14.5 Å². The zero-order valence-corrected chi connectivity index (χ0v) is 20.9. The zero-order valence-electron chi connectivity index (χ0n) is 19.2. The van der Waals surface area contributed by atoms with Gasteiger partial charge in [0.05, 0.1) is 29.1 Å². The molecule has 1 fully saturated rings. The first kappa shape index (κ1) is 24.0. The maximum absolute atomic E-state index is 13.5. The molecule has 0 bridgehead atoms. The highest BCUT2D eigenvalue weighted by Gasteiger charge is 2.26. The van der Waals surface area contributed by atoms with Crippen LogP contribution in [0.3, 0.4) is 0 Å². The molecule has 0 atom stereocenters. The molecule has 34 heavy (non-hydrogen) atoms. The molecular formula is C24H30N6O2S2. The Morgan fingerprint density at radius 1 is 1.09 bits per heavy atom. The quantitative estimate of drug-likeness (QED) is 0.462. The number of rotatable bonds is 8. The van der Waals surface area contributed by atoms with E-state index in [9.17, 15) is 8.42 Å². The first-order valence-electron chi connectivity index (χ1n) is 11.4. The van der Waals surface area contributed by atoms with E-state index >= 15 is 0 Å². The Labute approximate surface area is 206 Å². The van der Waals surface area contributed by atoms with Gasteiger partial charge in [-0.1, -0.05) is 25.1 Å². The predicted molar refractivity (Wildman–Crippen MR) is 140 cm³/mol. The van der Waals surface area contributed by atoms with Gasteiger partial charge in [0.2, 0.25) is 0 Å². The third-order valence-electron chi connectivity index (χ3n) is 5.80. The molecule has 3 aromatic rings. The van der Waals surface area contributed by atoms with Crippen LogP contribution in [0, 0.1) is 0 Å². The molecule has 0 saturated carbocycles. The van der Waals surface area contributed by atoms with Crippen LogP contribution in [-0.2, 0) is 16.6 Å². The lowest BCUT2D eigenvalue weighted by atomic mass is 10.2. The Morgan fingerprint density at radius 2 is 1.79 bits per heavy atom. The van der Waals surface area contributed by atoms with Crippen LogP contribution in [-0.4, -0.2) is 61.1 Å². The van der Waals surface area contributed by atoms with E-state index in [1.165, 1.54) is 4.31 Å². The fourth-order valence-corrected chi connectivity index (χ4v) is 5.65. The Balaban J connectivity index is 1.50. The molecule has 0 amide bonds. The fraction of sp³-hybridized carbons (Fsp3) is 0.333. The first-order chi connectivity index (χ1) is 16.5. The first-order valence-corrected chi connectivity index (χ1v) is 13.3. The fourth-order valence-electron chi connectivity index (χ4n) is 3.90. The smallest absolute Gasteiger partial charge is 0.264 e. The maximum Gasteiger partial charge on any atom is 0.264 e. The minimum absolute atomic E-state index is 0.164. The van der Waals surface area contributed by atoms with Crippen LogP contribution in [0.1, 0.15) is 19.0 Å². The highest BCUT2D eigenvalue weighted by molar-refractivity contribution is 7.92. The van der Waals surface area contributed by atoms with E-state index in [1.54, 1.807) is 42.9 Å². The summed E-state index contributed by atoms with van der Waals surface area (Å²) in [5, 5.41) is 4.11. The van der Waals surface area contributed by atoms with E-state index in [2.05, 4.69) is 32.0 Å². The number of hydrogen-bond acceptors (Lipinski definition) is 5. The van der Waals surface area contributed by atoms with E-state index in [0.717, 1.165) is 49.9 Å². The van der Waals surface area contributed by atoms with Gasteiger partial charge in [0, 0.05) is 44.6 Å². The number of piperazine rings is 1. The van der Waals surface area contributed by atoms with Gasteiger partial charge >= 0.3 is 0 Å². The Bertz CT molecular complexity index is 1160. The largest absolute Gasteiger partial charge is 0.368 e. The van der Waals surface area contributed by atoms with Crippen molar-refractivity contribution in [2.24, 2.45) is 0 Å². The van der Waals surface area contributed by atoms with Gasteiger partial charge < -0.3 is 20.1 Å². The summed E-state index contributed by atoms with van der Waals surface area (Å²) in [5.41, 5.74) is 2.38. The molecule has 2 aromatic carbocycles. The summed E-state index contributed by atoms with van der Waals surface area (Å²) in [5.74, 6) is 0. The van der Waals surface area contributed by atoms with Crippen molar-refractivity contribution in [2.75, 3.05) is 41.9 Å². The summed E-state index contributed by atoms with van der Waals surface area (Å²) < 4.78 is 28.4. The van der Waals surface area contributed by atoms with Crippen LogP contribution in [0.4, 0.5) is 11.4 Å². The van der Waals surface area contributed by atoms with E-state index in [-0.39, 0.29) is 11.4 Å². The molecule has 2 N–H and O–H groups in total. The SMILES string of the molecule is CCCNC(=S)N1CCN(c2ccc(N(Cc3cnc[nH]3)S(=O)(=O)c3ccccc3)cc2)CC1. The number of H-pyrrole nitrogens is 1. The van der Waals surface area contributed by atoms with E-state index in [4.69, 9.17) is 12.2 Å². The van der Waals surface area contributed by atoms with Gasteiger partial charge in [0.15, 0.2) is 5.11 Å². The van der Waals surface area contributed by atoms with E-state index < -0.39 is 10.0 Å². The van der Waals surface area contributed by atoms with Gasteiger partial charge in [-0.25, -0.2) is 13.4 Å². The molecule has 1 aliphatic rings. The van der Waals surface area contributed by atoms with Crippen LogP contribution >= 0.6 is 12.2 Å². The molecule has 4 rings (SSSR count). The molecule has 1 saturated heterocycles. The molecular weight excluding hydrogens is 468 g/mol. The van der Waals surface area contributed by atoms with Gasteiger partial charge in [-0.05, 0) is 55.0 Å². The van der Waals surface area contributed by atoms with E-state index in [0.29, 0.717) is 11.4 Å². The normalized spacial score (nSPS) is 14.1. The summed E-state index contributed by atoms with van der Waals surface area (Å²) in [7, 11) is -3.75. The van der Waals surface area contributed by atoms with Crippen LogP contribution in [0.2, 0.25) is 0 Å². The van der Waals surface area contributed by atoms with Crippen LogP contribution in [0.5, 0.6) is 0 Å². The summed E-state index contributed by atoms with van der Waals surface area (Å²) in [6.07, 6.45) is 4.24. The number of aromatic nitrogens is 2. The standard InChI is InChI=1S/C24H30N6O2S2/c1-2-12-26-24(33)29-15-13-28(14-16-29)21-8-10-22(11-9-21)30(18-20-17-25-19-27-20)34(31,32)23-6-4-3-5-7-23/h3-11,17,19H,2,12-16,18H2,1H3,(H,25,27)(H,26,33). The molecule has 0 radical (unpaired) electrons. The summed E-state index contributed by atoms with van der Waals surface area (Å²) in [6, 6.07) is 16.2. The van der Waals surface area contributed by atoms with Crippen molar-refractivity contribution in [2.45, 2.75) is 24.8 Å². The second-order valence-corrected chi connectivity index (χ2v) is 10.4. The molecule has 1 aliphatic heterocycles. The highest BCUT2D eigenvalue weighted by atomic mass is 32.2. The van der Waals surface area contributed by atoms with Crippen molar-refractivity contribution in [3.8, 4) is 0 Å². The third-order valence-corrected chi connectivity index (χ3v) is 7.99. The van der Waals surface area contributed by atoms with Crippen molar-refractivity contribution in [1.29, 1.82) is 0 Å². The Morgan fingerprint density at radius 3 is 2.41 bits per heavy atom. The number of thiocarbonyl (C=S) groups is 1. The van der Waals surface area contributed by atoms with Gasteiger partial charge in [0.25, 0.3) is 10.0 Å². The number of imidazole rings is 1. The van der Waals surface area contributed by atoms with Gasteiger partial charge in [0.1, 0.15) is 0 Å². The molecule has 2 heterocycles. The van der Waals surface area contributed by atoms with Crippen LogP contribution in [0.15, 0.2) is 72.0 Å². The van der Waals surface area contributed by atoms with Crippen molar-refractivity contribution in [1.82, 2.24) is 20.2 Å². The molecule has 0 aliphatic carbocycles. The lowest BCUT2D eigenvalue weighted by molar-refractivity contribution is 0.380. The minimum Gasteiger partial charge on any atom is -0.368 e. The number of aromatic amines is 1. The minimum atomic E-state index is -3.75. The van der Waals surface area contributed by atoms with Crippen molar-refractivity contribution in [3.63, 3.8) is 0 Å². The predicted octanol–water partition coefficient (Wildman–Crippen LogP) is 3.21. The van der Waals surface area contributed by atoms with Crippen LogP contribution in [0.25, 0.3) is 0 Å². The molecule has 8 nitrogen and oxygen atoms in total. The second-order valence-electron chi connectivity index (χ2n) is 8.12. The third kappa shape index (κ3) is 5.51. The summed E-state index contributed by atoms with van der Waals surface area (Å²) in [6.45, 7) is 6.59. The Hall–Kier alpha value is -3.11. The van der Waals surface area contributed by atoms with Gasteiger partial charge in [-0.15, -0.1) is 0 Å². The molecule has 0 spiro atoms. The average molecular weight is 499 g/mol. The molecule has 180 valence electrons. The molecule has 0 unspecified atom stereocenters. The zero-order chi connectivity index (χ0) is 24.0. The lowest BCUT2D eigenvalue weighted by Crippen LogP contribution is -2.51. The lowest BCUT2D eigenvalue weighted by Gasteiger charge is -2.37. The highest BCUT2D eigenvalue weighted by Crippen LogP contribution is 2.28. The van der Waals surface area contributed by atoms with E-state index in [1.807, 2.05) is 24.3 Å². The van der Waals surface area contributed by atoms with Crippen molar-refractivity contribution in [3.05, 3.63) is 72.8 Å². The van der Waals surface area contributed by atoms with Crippen molar-refractivity contribution >= 4 is 38.7 Å². The number of benzene rings is 2. The maximum atomic E-state index is 13.5. The summed E-state index contributed by atoms with van der Waals surface area (Å²) in [4.78, 5) is 11.8. The Kier molecular flexibility index (Phi) is 7.69.